The summed E-state index contributed by atoms with van der Waals surface area (Å²) in [6.07, 6.45) is 3.64. The van der Waals surface area contributed by atoms with E-state index in [1.165, 1.54) is 53.2 Å². The number of esters is 1. The van der Waals surface area contributed by atoms with Gasteiger partial charge in [0.05, 0.1) is 41.2 Å². The summed E-state index contributed by atoms with van der Waals surface area (Å²) in [4.78, 5) is 40.0. The molecule has 5 bridgehead atoms. The minimum atomic E-state index is -2.01. The molecule has 14 heteroatoms. The van der Waals surface area contributed by atoms with Crippen molar-refractivity contribution in [3.63, 3.8) is 0 Å². The molecule has 9 atom stereocenters. The van der Waals surface area contributed by atoms with E-state index in [1.54, 1.807) is 39.8 Å². The fourth-order valence-electron chi connectivity index (χ4n) is 7.21. The summed E-state index contributed by atoms with van der Waals surface area (Å²) in [5.41, 5.74) is 0.00876. The molecule has 54 heavy (non-hydrogen) atoms. The van der Waals surface area contributed by atoms with E-state index in [9.17, 15) is 39.9 Å². The SMILES string of the molecule is CCNCc1c2c(O)c3c(O)c(C)c4c(c3c1O)C(=O)C(C)(O/C=C/C(OC)C(C)C(OC(C)=O)C(C)C(O)C(C)C(O)C(C)/C=C/C=C(/C)C(=O)N2)O4. The molecule has 0 saturated carbocycles. The van der Waals surface area contributed by atoms with Crippen LogP contribution in [0.5, 0.6) is 23.0 Å². The number of phenolic OH excluding ortho intramolecular Hbond substituents is 3. The quantitative estimate of drug-likeness (QED) is 0.124. The number of ketones is 1. The average Bonchev–Trinajstić information content (AvgIpc) is 3.39. The zero-order valence-electron chi connectivity index (χ0n) is 32.5. The second kappa shape index (κ2) is 16.8. The number of fused-ring (bicyclic) bond motifs is 14. The number of aliphatic hydroxyl groups is 2. The van der Waals surface area contributed by atoms with E-state index in [0.29, 0.717) is 6.54 Å². The number of aliphatic hydroxyl groups excluding tert-OH is 2. The van der Waals surface area contributed by atoms with Gasteiger partial charge < -0.3 is 55.1 Å². The molecule has 14 nitrogen and oxygen atoms in total. The molecule has 1 amide bonds. The maximum atomic E-state index is 14.2. The third kappa shape index (κ3) is 7.92. The van der Waals surface area contributed by atoms with Gasteiger partial charge in [-0.15, -0.1) is 0 Å². The smallest absolute Gasteiger partial charge is 0.312 e. The standard InChI is InChI=1S/C40H54N2O12/c1-11-41-17-25-30-35(48)28-27(34(25)47)29-37(23(7)33(28)46)54-40(9,38(29)49)52-16-15-26(51-10)20(4)36(53-24(8)43)22(6)32(45)21(5)31(44)18(2)13-12-14-19(3)39(50)42-30/h12-16,18,20-22,26,31-32,36,41,44-48H,11,17H2,1-10H3,(H,42,50)/b13-12+,16-15+,19-14-. The summed E-state index contributed by atoms with van der Waals surface area (Å²) in [6.45, 7) is 14.8. The number of Topliss-reactive ketones (excluding diaryl/α,β-unsaturated/α-hetero) is 1. The van der Waals surface area contributed by atoms with Crippen molar-refractivity contribution in [2.75, 3.05) is 19.0 Å². The van der Waals surface area contributed by atoms with Gasteiger partial charge >= 0.3 is 11.8 Å². The Balaban J connectivity index is 1.95. The number of methoxy groups -OCH3 is 1. The molecule has 2 aromatic carbocycles. The summed E-state index contributed by atoms with van der Waals surface area (Å²) in [5, 5.41) is 62.9. The summed E-state index contributed by atoms with van der Waals surface area (Å²) < 4.78 is 23.4. The molecule has 296 valence electrons. The van der Waals surface area contributed by atoms with Gasteiger partial charge in [0.2, 0.25) is 0 Å². The zero-order valence-corrected chi connectivity index (χ0v) is 32.5. The van der Waals surface area contributed by atoms with Crippen LogP contribution in [0.4, 0.5) is 5.69 Å². The van der Waals surface area contributed by atoms with Crippen LogP contribution in [-0.2, 0) is 30.3 Å². The third-order valence-corrected chi connectivity index (χ3v) is 10.6. The number of ether oxygens (including phenoxy) is 4. The van der Waals surface area contributed by atoms with Crippen molar-refractivity contribution in [3.05, 3.63) is 52.8 Å². The first-order valence-electron chi connectivity index (χ1n) is 18.1. The van der Waals surface area contributed by atoms with Gasteiger partial charge in [-0.2, -0.15) is 0 Å². The van der Waals surface area contributed by atoms with Gasteiger partial charge in [0, 0.05) is 73.3 Å². The molecule has 0 saturated heterocycles. The van der Waals surface area contributed by atoms with Crippen LogP contribution in [0.2, 0.25) is 0 Å². The molecule has 0 spiro atoms. The van der Waals surface area contributed by atoms with Gasteiger partial charge in [-0.25, -0.2) is 0 Å². The monoisotopic (exact) mass is 754 g/mol. The number of aromatic hydroxyl groups is 3. The Morgan fingerprint density at radius 2 is 1.63 bits per heavy atom. The number of benzene rings is 2. The fourth-order valence-corrected chi connectivity index (χ4v) is 7.21. The van der Waals surface area contributed by atoms with Crippen molar-refractivity contribution in [3.8, 4) is 23.0 Å². The number of carbonyl (C=O) groups excluding carboxylic acids is 3. The van der Waals surface area contributed by atoms with Gasteiger partial charge in [0.1, 0.15) is 23.4 Å². The Hall–Kier alpha value is -4.63. The van der Waals surface area contributed by atoms with Crippen molar-refractivity contribution in [2.45, 2.75) is 99.1 Å². The predicted molar refractivity (Wildman–Crippen MR) is 201 cm³/mol. The Bertz CT molecular complexity index is 1870. The molecule has 0 aliphatic carbocycles. The maximum absolute atomic E-state index is 14.2. The summed E-state index contributed by atoms with van der Waals surface area (Å²) in [7, 11) is 1.44. The zero-order chi connectivity index (χ0) is 40.4. The molecule has 3 heterocycles. The van der Waals surface area contributed by atoms with Crippen molar-refractivity contribution in [1.29, 1.82) is 0 Å². The van der Waals surface area contributed by atoms with Crippen LogP contribution in [0.3, 0.4) is 0 Å². The highest BCUT2D eigenvalue weighted by Gasteiger charge is 2.50. The number of amides is 1. The molecule has 0 fully saturated rings. The highest BCUT2D eigenvalue weighted by Crippen LogP contribution is 2.55. The Morgan fingerprint density at radius 3 is 2.24 bits per heavy atom. The van der Waals surface area contributed by atoms with Crippen molar-refractivity contribution >= 4 is 34.1 Å². The van der Waals surface area contributed by atoms with Crippen molar-refractivity contribution in [2.24, 2.45) is 23.7 Å². The van der Waals surface area contributed by atoms with Gasteiger partial charge in [-0.05, 0) is 26.5 Å². The van der Waals surface area contributed by atoms with Gasteiger partial charge in [-0.1, -0.05) is 52.8 Å². The second-order valence-corrected chi connectivity index (χ2v) is 14.5. The molecule has 3 aliphatic rings. The van der Waals surface area contributed by atoms with Gasteiger partial charge in [0.15, 0.2) is 5.75 Å². The molecule has 7 N–H and O–H groups in total. The van der Waals surface area contributed by atoms with Crippen LogP contribution in [0, 0.1) is 30.6 Å². The first-order chi connectivity index (χ1) is 25.3. The van der Waals surface area contributed by atoms with Gasteiger partial charge in [-0.3, -0.25) is 14.4 Å². The van der Waals surface area contributed by atoms with Crippen LogP contribution >= 0.6 is 0 Å². The topological polar surface area (TPSA) is 213 Å². The van der Waals surface area contributed by atoms with Crippen molar-refractivity contribution in [1.82, 2.24) is 5.32 Å². The predicted octanol–water partition coefficient (Wildman–Crippen LogP) is 4.86. The van der Waals surface area contributed by atoms with Crippen LogP contribution in [0.25, 0.3) is 10.8 Å². The van der Waals surface area contributed by atoms with E-state index >= 15 is 0 Å². The van der Waals surface area contributed by atoms with E-state index in [0.717, 1.165) is 0 Å². The lowest BCUT2D eigenvalue weighted by atomic mass is 9.78. The van der Waals surface area contributed by atoms with E-state index in [-0.39, 0.29) is 51.0 Å². The van der Waals surface area contributed by atoms with Crippen LogP contribution in [0.15, 0.2) is 36.1 Å². The number of phenols is 3. The van der Waals surface area contributed by atoms with E-state index in [4.69, 9.17) is 18.9 Å². The lowest BCUT2D eigenvalue weighted by Crippen LogP contribution is -2.46. The highest BCUT2D eigenvalue weighted by atomic mass is 16.7. The second-order valence-electron chi connectivity index (χ2n) is 14.5. The first-order valence-corrected chi connectivity index (χ1v) is 18.1. The first kappa shape index (κ1) is 42.1. The normalized spacial score (nSPS) is 31.7. The van der Waals surface area contributed by atoms with Gasteiger partial charge in [0.25, 0.3) is 11.7 Å². The number of hydrogen-bond donors (Lipinski definition) is 7. The minimum Gasteiger partial charge on any atom is -0.507 e. The summed E-state index contributed by atoms with van der Waals surface area (Å²) >= 11 is 0. The van der Waals surface area contributed by atoms with Crippen LogP contribution in [-0.4, -0.2) is 87.0 Å². The number of hydrogen-bond acceptors (Lipinski definition) is 13. The lowest BCUT2D eigenvalue weighted by molar-refractivity contribution is -0.160. The minimum absolute atomic E-state index is 0.0396. The molecule has 0 radical (unpaired) electrons. The Kier molecular flexibility index (Phi) is 13.1. The Labute approximate surface area is 315 Å². The van der Waals surface area contributed by atoms with E-state index < -0.39 is 88.8 Å². The summed E-state index contributed by atoms with van der Waals surface area (Å²) in [5.74, 6) is -7.99. The maximum Gasteiger partial charge on any atom is 0.312 e. The largest absolute Gasteiger partial charge is 0.507 e. The molecule has 2 aromatic rings. The highest BCUT2D eigenvalue weighted by molar-refractivity contribution is 6.22. The average molecular weight is 755 g/mol. The molecule has 3 aliphatic heterocycles. The summed E-state index contributed by atoms with van der Waals surface area (Å²) in [6, 6.07) is 0. The van der Waals surface area contributed by atoms with Crippen LogP contribution in [0.1, 0.15) is 76.9 Å². The number of carbonyl (C=O) groups is 3. The molecule has 5 rings (SSSR count). The van der Waals surface area contributed by atoms with E-state index in [2.05, 4.69) is 10.6 Å². The van der Waals surface area contributed by atoms with Crippen LogP contribution < -0.4 is 15.4 Å². The molecule has 0 aromatic heterocycles. The number of allylic oxidation sites excluding steroid dienone is 2. The molecular weight excluding hydrogens is 700 g/mol. The molecule has 9 unspecified atom stereocenters. The molecular formula is C40H54N2O12. The van der Waals surface area contributed by atoms with E-state index in [1.807, 2.05) is 6.92 Å². The number of anilines is 1. The Morgan fingerprint density at radius 1 is 0.963 bits per heavy atom. The third-order valence-electron chi connectivity index (χ3n) is 10.6. The fraction of sp³-hybridized carbons (Fsp3) is 0.525. The lowest BCUT2D eigenvalue weighted by Gasteiger charge is -2.38. The van der Waals surface area contributed by atoms with Crippen molar-refractivity contribution < 1.29 is 58.9 Å². The number of rotatable bonds is 5. The number of nitrogens with one attached hydrogen (secondary N) is 2.